The van der Waals surface area contributed by atoms with Crippen LogP contribution >= 0.6 is 0 Å². The van der Waals surface area contributed by atoms with Gasteiger partial charge in [-0.15, -0.1) is 56.9 Å². The summed E-state index contributed by atoms with van der Waals surface area (Å²) in [6.45, 7) is 23.3. The summed E-state index contributed by atoms with van der Waals surface area (Å²) < 4.78 is 0. The van der Waals surface area contributed by atoms with E-state index in [1.165, 1.54) is 101 Å². The second-order valence-corrected chi connectivity index (χ2v) is 15.8. The number of aryl methyl sites for hydroxylation is 1. The molecule has 268 valence electrons. The van der Waals surface area contributed by atoms with Crippen molar-refractivity contribution < 1.29 is 23.3 Å². The third kappa shape index (κ3) is 9.69. The van der Waals surface area contributed by atoms with Crippen LogP contribution in [0.2, 0.25) is 0 Å². The maximum absolute atomic E-state index is 3.06. The van der Waals surface area contributed by atoms with Crippen LogP contribution in [0.4, 0.5) is 0 Å². The second-order valence-electron chi connectivity index (χ2n) is 15.8. The van der Waals surface area contributed by atoms with Crippen LogP contribution in [0.15, 0.2) is 133 Å². The van der Waals surface area contributed by atoms with E-state index in [4.69, 9.17) is 0 Å². The van der Waals surface area contributed by atoms with Crippen molar-refractivity contribution in [1.29, 1.82) is 0 Å². The van der Waals surface area contributed by atoms with E-state index in [0.717, 1.165) is 0 Å². The maximum atomic E-state index is 3.06. The van der Waals surface area contributed by atoms with Gasteiger partial charge in [0.2, 0.25) is 0 Å². The first-order valence-electron chi connectivity index (χ1n) is 17.7. The van der Waals surface area contributed by atoms with Gasteiger partial charge >= 0.3 is 30.2 Å². The fraction of sp³-hybridized carbons (Fsp3) is 0.240. The molecule has 52 heavy (non-hydrogen) atoms. The predicted molar refractivity (Wildman–Crippen MR) is 230 cm³/mol. The van der Waals surface area contributed by atoms with Gasteiger partial charge in [0.05, 0.1) is 0 Å². The Bertz CT molecular complexity index is 2160. The molecule has 2 heteroatoms. The van der Waals surface area contributed by atoms with E-state index in [1.54, 1.807) is 0 Å². The molecule has 0 saturated heterocycles. The molecule has 0 aliphatic heterocycles. The molecule has 7 rings (SSSR count). The molecule has 0 unspecified atom stereocenters. The number of rotatable bonds is 4. The van der Waals surface area contributed by atoms with Crippen molar-refractivity contribution in [3.05, 3.63) is 171 Å². The summed E-state index contributed by atoms with van der Waals surface area (Å²) in [6, 6.07) is 49.2. The van der Waals surface area contributed by atoms with Crippen LogP contribution in [-0.4, -0.2) is 6.88 Å². The SMILES string of the molecule is CC(C)c1cc2c(-c3ccc(C(C)(C)C)cc3)cccc2[cH-]1.Cc1cc2c(-c3ccc(C(C)(C)C)cc3)ccc(-c3ccccc3)c2[cH-]1.[CH3-].[CH3-].[Si]=[Zr]. The fourth-order valence-corrected chi connectivity index (χ4v) is 6.71. The van der Waals surface area contributed by atoms with Crippen LogP contribution in [0.5, 0.6) is 0 Å². The Kier molecular flexibility index (Phi) is 14.8. The molecule has 0 bridgehead atoms. The van der Waals surface area contributed by atoms with Crippen molar-refractivity contribution in [2.45, 2.75) is 79.1 Å². The second kappa shape index (κ2) is 18.0. The van der Waals surface area contributed by atoms with Crippen molar-refractivity contribution >= 4 is 28.4 Å². The van der Waals surface area contributed by atoms with Crippen molar-refractivity contribution in [3.63, 3.8) is 0 Å². The molecular weight excluding hydrogens is 720 g/mol. The van der Waals surface area contributed by atoms with E-state index in [0.29, 0.717) is 5.92 Å². The number of hydrogen-bond acceptors (Lipinski definition) is 0. The summed E-state index contributed by atoms with van der Waals surface area (Å²) >= 11 is 1.36. The van der Waals surface area contributed by atoms with Crippen molar-refractivity contribution in [2.24, 2.45) is 0 Å². The first kappa shape index (κ1) is 42.8. The molecule has 0 spiro atoms. The van der Waals surface area contributed by atoms with Crippen molar-refractivity contribution in [2.75, 3.05) is 0 Å². The minimum absolute atomic E-state index is 0. The first-order chi connectivity index (χ1) is 23.8. The molecule has 0 N–H and O–H groups in total. The standard InChI is InChI=1S/C26H25.C22H25.2CH3.Si.Zr/c1-18-16-24-22(19-8-6-5-7-9-19)14-15-23(25(24)17-18)20-10-12-21(13-11-20)26(2,3)4;1-15(2)18-13-17-7-6-8-20(21(17)14-18)16-9-11-19(12-10-16)22(3,4)5;;;;/h5-17H,1-4H3;6-15H,1-5H3;2*1H3;;/q4*-1;;. The van der Waals surface area contributed by atoms with Gasteiger partial charge in [0.25, 0.3) is 0 Å². The number of benzene rings is 5. The van der Waals surface area contributed by atoms with Gasteiger partial charge in [0, 0.05) is 0 Å². The van der Waals surface area contributed by atoms with Gasteiger partial charge in [-0.05, 0) is 39.0 Å². The molecule has 0 nitrogen and oxygen atoms in total. The average Bonchev–Trinajstić information content (AvgIpc) is 3.73. The molecule has 0 aliphatic carbocycles. The van der Waals surface area contributed by atoms with Crippen LogP contribution in [0.3, 0.4) is 0 Å². The van der Waals surface area contributed by atoms with Crippen molar-refractivity contribution in [1.82, 2.24) is 0 Å². The van der Waals surface area contributed by atoms with Gasteiger partial charge in [0.1, 0.15) is 0 Å². The molecule has 0 fully saturated rings. The molecule has 0 aromatic heterocycles. The van der Waals surface area contributed by atoms with Gasteiger partial charge in [-0.25, -0.2) is 0 Å². The van der Waals surface area contributed by atoms with E-state index in [2.05, 4.69) is 203 Å². The molecule has 7 aromatic carbocycles. The summed E-state index contributed by atoms with van der Waals surface area (Å²) in [5, 5.41) is 5.40. The van der Waals surface area contributed by atoms with Gasteiger partial charge in [-0.1, -0.05) is 182 Å². The third-order valence-corrected chi connectivity index (χ3v) is 9.68. The minimum atomic E-state index is 0. The van der Waals surface area contributed by atoms with Gasteiger partial charge in [-0.2, -0.15) is 12.1 Å². The molecule has 0 saturated carbocycles. The first-order valence-corrected chi connectivity index (χ1v) is 21.9. The summed E-state index contributed by atoms with van der Waals surface area (Å²) in [7, 11) is 0. The monoisotopic (exact) mass is 774 g/mol. The molecule has 7 aromatic rings. The van der Waals surface area contributed by atoms with Crippen LogP contribution in [-0.2, 0) is 34.2 Å². The normalized spacial score (nSPS) is 11.2. The summed E-state index contributed by atoms with van der Waals surface area (Å²) in [6.07, 6.45) is 0. The molecule has 0 amide bonds. The van der Waals surface area contributed by atoms with Gasteiger partial charge < -0.3 is 14.9 Å². The van der Waals surface area contributed by atoms with E-state index in [9.17, 15) is 0 Å². The topological polar surface area (TPSA) is 0 Å². The Morgan fingerprint density at radius 1 is 0.519 bits per heavy atom. The Morgan fingerprint density at radius 2 is 1.00 bits per heavy atom. The average molecular weight is 776 g/mol. The van der Waals surface area contributed by atoms with Crippen LogP contribution in [0.25, 0.3) is 54.9 Å². The molecule has 2 radical (unpaired) electrons. The third-order valence-electron chi connectivity index (χ3n) is 9.68. The van der Waals surface area contributed by atoms with Crippen LogP contribution in [0.1, 0.15) is 83.6 Å². The van der Waals surface area contributed by atoms with E-state index in [1.807, 2.05) is 0 Å². The Hall–Kier alpha value is -3.58. The summed E-state index contributed by atoms with van der Waals surface area (Å²) in [4.78, 5) is 0. The zero-order valence-corrected chi connectivity index (χ0v) is 36.7. The van der Waals surface area contributed by atoms with E-state index in [-0.39, 0.29) is 25.7 Å². The number of hydrogen-bond donors (Lipinski definition) is 0. The molecule has 0 aliphatic rings. The Morgan fingerprint density at radius 3 is 1.50 bits per heavy atom. The summed E-state index contributed by atoms with van der Waals surface area (Å²) in [5.41, 5.74) is 13.7. The predicted octanol–water partition coefficient (Wildman–Crippen LogP) is 14.7. The molecular formula is C50H56SiZr-4. The fourth-order valence-electron chi connectivity index (χ4n) is 6.71. The molecule has 0 heterocycles. The summed E-state index contributed by atoms with van der Waals surface area (Å²) in [5.74, 6) is 0.573. The van der Waals surface area contributed by atoms with Crippen LogP contribution < -0.4 is 0 Å². The zero-order chi connectivity index (χ0) is 36.2. The number of fused-ring (bicyclic) bond motifs is 2. The Balaban J connectivity index is 0.000000261. The zero-order valence-electron chi connectivity index (χ0n) is 33.3. The van der Waals surface area contributed by atoms with Gasteiger partial charge in [-0.3, -0.25) is 0 Å². The van der Waals surface area contributed by atoms with Gasteiger partial charge in [0.15, 0.2) is 0 Å². The van der Waals surface area contributed by atoms with E-state index < -0.39 is 0 Å². The van der Waals surface area contributed by atoms with Crippen molar-refractivity contribution in [3.8, 4) is 33.4 Å². The van der Waals surface area contributed by atoms with Crippen LogP contribution in [0, 0.1) is 21.8 Å². The Labute approximate surface area is 332 Å². The van der Waals surface area contributed by atoms with E-state index >= 15 is 0 Å². The molecule has 0 atom stereocenters. The quantitative estimate of drug-likeness (QED) is 0.123.